The lowest BCUT2D eigenvalue weighted by Gasteiger charge is -2.35. The largest absolute Gasteiger partial charge is 0.350 e. The van der Waals surface area contributed by atoms with E-state index in [2.05, 4.69) is 38.4 Å². The molecule has 3 aromatic rings. The normalized spacial score (nSPS) is 19.5. The molecule has 0 radical (unpaired) electrons. The van der Waals surface area contributed by atoms with Gasteiger partial charge >= 0.3 is 0 Å². The molecule has 6 rings (SSSR count). The first kappa shape index (κ1) is 26.9. The van der Waals surface area contributed by atoms with Crippen LogP contribution in [0.15, 0.2) is 60.9 Å². The Labute approximate surface area is 239 Å². The average Bonchev–Trinajstić information content (AvgIpc) is 3.48. The summed E-state index contributed by atoms with van der Waals surface area (Å²) in [7, 11) is 0. The van der Waals surface area contributed by atoms with E-state index < -0.39 is 0 Å². The van der Waals surface area contributed by atoms with Crippen molar-refractivity contribution in [1.29, 1.82) is 5.41 Å². The highest BCUT2D eigenvalue weighted by Gasteiger charge is 2.31. The molecule has 2 atom stereocenters. The second-order valence-electron chi connectivity index (χ2n) is 11.0. The van der Waals surface area contributed by atoms with E-state index in [9.17, 15) is 9.59 Å². The molecule has 1 aliphatic heterocycles. The number of rotatable bonds is 8. The lowest BCUT2D eigenvalue weighted by atomic mass is 9.89. The number of hydrogen-bond donors (Lipinski definition) is 2. The summed E-state index contributed by atoms with van der Waals surface area (Å²) in [5.74, 6) is 0.612. The molecule has 1 fully saturated rings. The fourth-order valence-electron chi connectivity index (χ4n) is 6.00. The maximum atomic E-state index is 13.1. The number of aromatic nitrogens is 4. The standard InChI is InChI=1S/C31H36N8O2/c32-27-21-23-10-9-22-6-1-2-7-26(22)29(23)36-39(27)15-4-3-8-28(40)35-25-12-11-24(20-25)30(41)37-16-18-38(19-17-37)31-33-13-5-14-34-31/h1-2,5-7,11-14,21,24-25,32H,3-4,8-10,15-20H2,(H,35,40)/t24-,25+/m0/s1. The van der Waals surface area contributed by atoms with Gasteiger partial charge in [-0.25, -0.2) is 14.6 Å². The van der Waals surface area contributed by atoms with E-state index >= 15 is 0 Å². The number of carbonyl (C=O) groups excluding carboxylic acids is 2. The molecule has 212 valence electrons. The van der Waals surface area contributed by atoms with Crippen molar-refractivity contribution in [3.63, 3.8) is 0 Å². The number of anilines is 1. The van der Waals surface area contributed by atoms with E-state index in [1.165, 1.54) is 5.56 Å². The van der Waals surface area contributed by atoms with Crippen LogP contribution in [0.4, 0.5) is 5.95 Å². The predicted octanol–water partition coefficient (Wildman–Crippen LogP) is 2.50. The SMILES string of the molecule is N=c1cc2c(nn1CCCCC(=O)N[C@@H]1C=C[C@H](C(=O)N3CCN(c4ncccn4)CC3)C1)-c1ccccc1CC2. The number of carbonyl (C=O) groups is 2. The number of amides is 2. The van der Waals surface area contributed by atoms with Crippen LogP contribution >= 0.6 is 0 Å². The Morgan fingerprint density at radius 3 is 2.56 bits per heavy atom. The number of piperazine rings is 1. The van der Waals surface area contributed by atoms with Gasteiger partial charge in [0.05, 0.1) is 11.6 Å². The molecule has 1 saturated heterocycles. The van der Waals surface area contributed by atoms with Crippen molar-refractivity contribution in [3.05, 3.63) is 77.6 Å². The number of benzene rings is 1. The second kappa shape index (κ2) is 12.0. The Bertz CT molecular complexity index is 1490. The van der Waals surface area contributed by atoms with Crippen LogP contribution in [0.5, 0.6) is 0 Å². The molecule has 41 heavy (non-hydrogen) atoms. The number of hydrogen-bond acceptors (Lipinski definition) is 7. The van der Waals surface area contributed by atoms with E-state index in [4.69, 9.17) is 10.5 Å². The van der Waals surface area contributed by atoms with Gasteiger partial charge in [0.15, 0.2) is 0 Å². The van der Waals surface area contributed by atoms with Gasteiger partial charge in [0.1, 0.15) is 5.49 Å². The van der Waals surface area contributed by atoms with Gasteiger partial charge in [-0.2, -0.15) is 5.10 Å². The highest BCUT2D eigenvalue weighted by molar-refractivity contribution is 5.82. The third-order valence-electron chi connectivity index (χ3n) is 8.25. The third-order valence-corrected chi connectivity index (χ3v) is 8.25. The maximum Gasteiger partial charge on any atom is 0.229 e. The number of fused-ring (bicyclic) bond motifs is 3. The zero-order valence-corrected chi connectivity index (χ0v) is 23.2. The number of unbranched alkanes of at least 4 members (excludes halogenated alkanes) is 1. The summed E-state index contributed by atoms with van der Waals surface area (Å²) in [5.41, 5.74) is 4.99. The van der Waals surface area contributed by atoms with Crippen molar-refractivity contribution in [2.24, 2.45) is 5.92 Å². The van der Waals surface area contributed by atoms with Crippen molar-refractivity contribution >= 4 is 17.8 Å². The summed E-state index contributed by atoms with van der Waals surface area (Å²) < 4.78 is 1.75. The molecule has 1 aromatic carbocycles. The summed E-state index contributed by atoms with van der Waals surface area (Å²) >= 11 is 0. The van der Waals surface area contributed by atoms with E-state index in [1.807, 2.05) is 29.2 Å². The summed E-state index contributed by atoms with van der Waals surface area (Å²) in [6, 6.07) is 12.0. The molecular weight excluding hydrogens is 516 g/mol. The van der Waals surface area contributed by atoms with Gasteiger partial charge in [0.2, 0.25) is 17.8 Å². The quantitative estimate of drug-likeness (QED) is 0.327. The van der Waals surface area contributed by atoms with Crippen LogP contribution in [-0.4, -0.2) is 68.7 Å². The smallest absolute Gasteiger partial charge is 0.229 e. The summed E-state index contributed by atoms with van der Waals surface area (Å²) in [6.07, 6.45) is 11.7. The molecule has 2 amide bonds. The lowest BCUT2D eigenvalue weighted by molar-refractivity contribution is -0.134. The van der Waals surface area contributed by atoms with E-state index in [0.29, 0.717) is 63.4 Å². The minimum absolute atomic E-state index is 0.00681. The highest BCUT2D eigenvalue weighted by Crippen LogP contribution is 2.30. The topological polar surface area (TPSA) is 120 Å². The zero-order valence-electron chi connectivity index (χ0n) is 23.2. The summed E-state index contributed by atoms with van der Waals surface area (Å²) in [4.78, 5) is 38.3. The average molecular weight is 553 g/mol. The van der Waals surface area contributed by atoms with Crippen molar-refractivity contribution in [2.75, 3.05) is 31.1 Å². The van der Waals surface area contributed by atoms with Crippen molar-refractivity contribution in [2.45, 2.75) is 51.1 Å². The van der Waals surface area contributed by atoms with Crippen molar-refractivity contribution in [3.8, 4) is 11.3 Å². The molecule has 2 aromatic heterocycles. The molecule has 2 aliphatic carbocycles. The summed E-state index contributed by atoms with van der Waals surface area (Å²) in [6.45, 7) is 3.30. The highest BCUT2D eigenvalue weighted by atomic mass is 16.2. The fraction of sp³-hybridized carbons (Fsp3) is 0.419. The van der Waals surface area contributed by atoms with Crippen LogP contribution < -0.4 is 15.7 Å². The van der Waals surface area contributed by atoms with Crippen LogP contribution in [-0.2, 0) is 29.0 Å². The Kier molecular flexibility index (Phi) is 7.89. The van der Waals surface area contributed by atoms with Crippen LogP contribution in [0.25, 0.3) is 11.3 Å². The first-order chi connectivity index (χ1) is 20.0. The van der Waals surface area contributed by atoms with Crippen molar-refractivity contribution in [1.82, 2.24) is 30.0 Å². The Balaban J connectivity index is 0.929. The molecule has 10 nitrogen and oxygen atoms in total. The predicted molar refractivity (Wildman–Crippen MR) is 155 cm³/mol. The molecule has 10 heteroatoms. The fourth-order valence-corrected chi connectivity index (χ4v) is 6.00. The molecule has 0 saturated carbocycles. The number of aryl methyl sites for hydroxylation is 3. The Morgan fingerprint density at radius 2 is 1.73 bits per heavy atom. The van der Waals surface area contributed by atoms with Crippen LogP contribution in [0, 0.1) is 11.3 Å². The van der Waals surface area contributed by atoms with Gasteiger partial charge in [-0.15, -0.1) is 0 Å². The number of nitrogens with one attached hydrogen (secondary N) is 2. The first-order valence-corrected chi connectivity index (χ1v) is 14.6. The Hall–Kier alpha value is -4.34. The first-order valence-electron chi connectivity index (χ1n) is 14.6. The number of nitrogens with zero attached hydrogens (tertiary/aromatic N) is 6. The van der Waals surface area contributed by atoms with Gasteiger partial charge in [0, 0.05) is 63.1 Å². The second-order valence-corrected chi connectivity index (χ2v) is 11.0. The van der Waals surface area contributed by atoms with Gasteiger partial charge in [-0.1, -0.05) is 36.4 Å². The van der Waals surface area contributed by atoms with Gasteiger partial charge in [0.25, 0.3) is 0 Å². The van der Waals surface area contributed by atoms with Gasteiger partial charge in [-0.3, -0.25) is 15.0 Å². The van der Waals surface area contributed by atoms with E-state index in [1.54, 1.807) is 23.1 Å². The van der Waals surface area contributed by atoms with Crippen LogP contribution in [0.1, 0.15) is 36.8 Å². The Morgan fingerprint density at radius 1 is 0.951 bits per heavy atom. The maximum absolute atomic E-state index is 13.1. The van der Waals surface area contributed by atoms with Gasteiger partial charge < -0.3 is 15.1 Å². The minimum Gasteiger partial charge on any atom is -0.350 e. The molecular formula is C31H36N8O2. The third kappa shape index (κ3) is 6.06. The summed E-state index contributed by atoms with van der Waals surface area (Å²) in [5, 5.41) is 16.3. The monoisotopic (exact) mass is 552 g/mol. The van der Waals surface area contributed by atoms with Crippen molar-refractivity contribution < 1.29 is 9.59 Å². The van der Waals surface area contributed by atoms with Crippen LogP contribution in [0.2, 0.25) is 0 Å². The minimum atomic E-state index is -0.202. The molecule has 0 bridgehead atoms. The molecule has 3 aliphatic rings. The molecule has 0 spiro atoms. The molecule has 2 N–H and O–H groups in total. The van der Waals surface area contributed by atoms with E-state index in [0.717, 1.165) is 36.1 Å². The zero-order chi connectivity index (χ0) is 28.2. The lowest BCUT2D eigenvalue weighted by Crippen LogP contribution is -2.50. The molecule has 3 heterocycles. The van der Waals surface area contributed by atoms with Crippen LogP contribution in [0.3, 0.4) is 0 Å². The molecule has 0 unspecified atom stereocenters. The van der Waals surface area contributed by atoms with Gasteiger partial charge in [-0.05, 0) is 55.4 Å². The van der Waals surface area contributed by atoms with E-state index in [-0.39, 0.29) is 23.8 Å².